The Bertz CT molecular complexity index is 1370. The average Bonchev–Trinajstić information content (AvgIpc) is 3.43. The molecule has 4 heterocycles. The molecule has 1 aliphatic heterocycles. The molecule has 3 aromatic heterocycles. The Balaban J connectivity index is 1.66. The summed E-state index contributed by atoms with van der Waals surface area (Å²) in [6.45, 7) is 12.8. The van der Waals surface area contributed by atoms with Crippen LogP contribution in [-0.4, -0.2) is 71.8 Å². The topological polar surface area (TPSA) is 155 Å². The van der Waals surface area contributed by atoms with E-state index < -0.39 is 11.2 Å². The number of carbonyl (C=O) groups is 1. The molecule has 0 unspecified atom stereocenters. The number of aryl methyl sites for hydroxylation is 1. The third kappa shape index (κ3) is 6.16. The summed E-state index contributed by atoms with van der Waals surface area (Å²) in [6.07, 6.45) is 3.08. The van der Waals surface area contributed by atoms with Gasteiger partial charge in [0, 0.05) is 25.6 Å². The molecule has 204 valence electrons. The third-order valence-electron chi connectivity index (χ3n) is 5.91. The van der Waals surface area contributed by atoms with Crippen LogP contribution in [0.5, 0.6) is 5.75 Å². The number of likely N-dealkylation sites (tertiary alicyclic amines) is 1. The average molecular weight is 526 g/mol. The Morgan fingerprint density at radius 2 is 2.05 bits per heavy atom. The summed E-state index contributed by atoms with van der Waals surface area (Å²) >= 11 is 0. The number of nitrogens with two attached hydrogens (primary N) is 1. The summed E-state index contributed by atoms with van der Waals surface area (Å²) in [4.78, 5) is 23.5. The van der Waals surface area contributed by atoms with Crippen molar-refractivity contribution in [2.24, 2.45) is 5.92 Å². The number of aromatic nitrogens is 5. The highest BCUT2D eigenvalue weighted by molar-refractivity contribution is 5.89. The van der Waals surface area contributed by atoms with Gasteiger partial charge < -0.3 is 29.8 Å². The molecule has 38 heavy (non-hydrogen) atoms. The van der Waals surface area contributed by atoms with Gasteiger partial charge in [-0.1, -0.05) is 5.92 Å². The van der Waals surface area contributed by atoms with E-state index in [9.17, 15) is 9.90 Å². The van der Waals surface area contributed by atoms with E-state index in [-0.39, 0.29) is 17.8 Å². The molecular weight excluding hydrogens is 490 g/mol. The normalized spacial score (nSPS) is 16.3. The van der Waals surface area contributed by atoms with Crippen LogP contribution in [0.2, 0.25) is 0 Å². The lowest BCUT2D eigenvalue weighted by Crippen LogP contribution is -2.44. The van der Waals surface area contributed by atoms with Gasteiger partial charge in [-0.05, 0) is 70.6 Å². The number of carbonyl (C=O) groups excluding carboxylic acids is 1. The molecular formula is C26H35N7O5. The second kappa shape index (κ2) is 10.5. The Hall–Kier alpha value is -3.85. The van der Waals surface area contributed by atoms with E-state index in [0.717, 1.165) is 12.8 Å². The molecule has 3 aromatic rings. The predicted octanol–water partition coefficient (Wildman–Crippen LogP) is 3.23. The monoisotopic (exact) mass is 525 g/mol. The van der Waals surface area contributed by atoms with Crippen LogP contribution < -0.4 is 10.5 Å². The number of nitrogen functional groups attached to an aromatic ring is 1. The number of hydrogen-bond donors (Lipinski definition) is 2. The van der Waals surface area contributed by atoms with Gasteiger partial charge >= 0.3 is 6.09 Å². The molecule has 0 spiro atoms. The number of amides is 1. The molecule has 12 heteroatoms. The lowest BCUT2D eigenvalue weighted by Gasteiger charge is -2.34. The van der Waals surface area contributed by atoms with Gasteiger partial charge in [0.15, 0.2) is 23.1 Å². The number of nitrogens with zero attached hydrogens (tertiary/aromatic N) is 6. The van der Waals surface area contributed by atoms with Crippen molar-refractivity contribution in [2.45, 2.75) is 72.1 Å². The first-order valence-electron chi connectivity index (χ1n) is 12.7. The zero-order valence-corrected chi connectivity index (χ0v) is 22.7. The highest BCUT2D eigenvalue weighted by Gasteiger charge is 2.29. The maximum Gasteiger partial charge on any atom is 0.410 e. The van der Waals surface area contributed by atoms with Crippen molar-refractivity contribution in [1.29, 1.82) is 0 Å². The Morgan fingerprint density at radius 3 is 2.68 bits per heavy atom. The van der Waals surface area contributed by atoms with Crippen molar-refractivity contribution in [3.05, 3.63) is 11.9 Å². The first-order chi connectivity index (χ1) is 17.9. The van der Waals surface area contributed by atoms with Gasteiger partial charge in [-0.15, -0.1) is 0 Å². The quantitative estimate of drug-likeness (QED) is 0.474. The van der Waals surface area contributed by atoms with E-state index in [0.29, 0.717) is 60.2 Å². The van der Waals surface area contributed by atoms with E-state index in [1.165, 1.54) is 0 Å². The summed E-state index contributed by atoms with van der Waals surface area (Å²) < 4.78 is 18.5. The molecule has 1 fully saturated rings. The SMILES string of the molecule is CCn1c(-c2nonc2N)nc2c(C#CC(C)(C)O)ncc(OC[C@@H]3CCCN(C(=O)OC(C)(C)C)C3)c21. The van der Waals surface area contributed by atoms with E-state index >= 15 is 0 Å². The molecule has 0 radical (unpaired) electrons. The number of piperidine rings is 1. The minimum absolute atomic E-state index is 0.110. The van der Waals surface area contributed by atoms with Gasteiger partial charge in [0.1, 0.15) is 27.9 Å². The molecule has 1 aliphatic rings. The molecule has 0 bridgehead atoms. The number of pyridine rings is 1. The van der Waals surface area contributed by atoms with Crippen molar-refractivity contribution >= 4 is 22.9 Å². The minimum atomic E-state index is -1.21. The summed E-state index contributed by atoms with van der Waals surface area (Å²) in [5.74, 6) is 6.91. The van der Waals surface area contributed by atoms with Gasteiger partial charge in [0.25, 0.3) is 0 Å². The van der Waals surface area contributed by atoms with Crippen molar-refractivity contribution in [3.63, 3.8) is 0 Å². The lowest BCUT2D eigenvalue weighted by atomic mass is 9.99. The van der Waals surface area contributed by atoms with Crippen molar-refractivity contribution < 1.29 is 24.0 Å². The number of aliphatic hydroxyl groups is 1. The summed E-state index contributed by atoms with van der Waals surface area (Å²) in [6, 6.07) is 0. The van der Waals surface area contributed by atoms with Crippen molar-refractivity contribution in [3.8, 4) is 29.1 Å². The van der Waals surface area contributed by atoms with Crippen molar-refractivity contribution in [1.82, 2.24) is 29.7 Å². The smallest absolute Gasteiger partial charge is 0.410 e. The van der Waals surface area contributed by atoms with Gasteiger partial charge in [-0.25, -0.2) is 19.4 Å². The summed E-state index contributed by atoms with van der Waals surface area (Å²) in [5, 5.41) is 17.7. The Labute approximate surface area is 221 Å². The van der Waals surface area contributed by atoms with E-state index in [2.05, 4.69) is 27.1 Å². The minimum Gasteiger partial charge on any atom is -0.489 e. The van der Waals surface area contributed by atoms with Gasteiger partial charge in [0.2, 0.25) is 0 Å². The fourth-order valence-electron chi connectivity index (χ4n) is 4.26. The lowest BCUT2D eigenvalue weighted by molar-refractivity contribution is 0.0139. The number of imidazole rings is 1. The van der Waals surface area contributed by atoms with Crippen LogP contribution in [0.4, 0.5) is 10.6 Å². The number of fused-ring (bicyclic) bond motifs is 1. The van der Waals surface area contributed by atoms with E-state index in [4.69, 9.17) is 24.8 Å². The molecule has 0 aromatic carbocycles. The van der Waals surface area contributed by atoms with Gasteiger partial charge in [-0.2, -0.15) is 0 Å². The first kappa shape index (κ1) is 27.2. The van der Waals surface area contributed by atoms with E-state index in [1.807, 2.05) is 32.3 Å². The number of rotatable bonds is 5. The molecule has 12 nitrogen and oxygen atoms in total. The first-order valence-corrected chi connectivity index (χ1v) is 12.7. The second-order valence-corrected chi connectivity index (χ2v) is 10.9. The molecule has 0 aliphatic carbocycles. The Kier molecular flexibility index (Phi) is 7.51. The number of hydrogen-bond acceptors (Lipinski definition) is 10. The maximum atomic E-state index is 12.6. The summed E-state index contributed by atoms with van der Waals surface area (Å²) in [5.41, 5.74) is 6.05. The Morgan fingerprint density at radius 1 is 1.29 bits per heavy atom. The fraction of sp³-hybridized carbons (Fsp3) is 0.577. The number of anilines is 1. The van der Waals surface area contributed by atoms with Crippen LogP contribution in [0.3, 0.4) is 0 Å². The predicted molar refractivity (Wildman–Crippen MR) is 140 cm³/mol. The van der Waals surface area contributed by atoms with Crippen LogP contribution in [-0.2, 0) is 11.3 Å². The highest BCUT2D eigenvalue weighted by Crippen LogP contribution is 2.33. The van der Waals surface area contributed by atoms with Crippen LogP contribution in [0.25, 0.3) is 22.6 Å². The molecule has 1 amide bonds. The van der Waals surface area contributed by atoms with E-state index in [1.54, 1.807) is 24.9 Å². The van der Waals surface area contributed by atoms with Crippen LogP contribution in [0, 0.1) is 17.8 Å². The van der Waals surface area contributed by atoms with Gasteiger partial charge in [-0.3, -0.25) is 0 Å². The maximum absolute atomic E-state index is 12.6. The van der Waals surface area contributed by atoms with Crippen molar-refractivity contribution in [2.75, 3.05) is 25.4 Å². The molecule has 0 saturated carbocycles. The van der Waals surface area contributed by atoms with Gasteiger partial charge in [0.05, 0.1) is 12.8 Å². The zero-order chi connectivity index (χ0) is 27.7. The highest BCUT2D eigenvalue weighted by atomic mass is 16.6. The standard InChI is InChI=1S/C26H35N7O5/c1-7-33-21-18(36-15-16-9-8-12-32(14-16)24(34)37-25(2,3)4)13-28-17(10-11-26(5,6)35)19(21)29-23(33)20-22(27)31-38-30-20/h13,16,35H,7-9,12,14-15H2,1-6H3,(H2,27,31)/t16-/m1/s1. The molecule has 1 saturated heterocycles. The fourth-order valence-corrected chi connectivity index (χ4v) is 4.26. The second-order valence-electron chi connectivity index (χ2n) is 10.9. The van der Waals surface area contributed by atoms with Crippen LogP contribution >= 0.6 is 0 Å². The molecule has 3 N–H and O–H groups in total. The van der Waals surface area contributed by atoms with Crippen LogP contribution in [0.15, 0.2) is 10.8 Å². The zero-order valence-electron chi connectivity index (χ0n) is 22.7. The largest absolute Gasteiger partial charge is 0.489 e. The third-order valence-corrected chi connectivity index (χ3v) is 5.91. The summed E-state index contributed by atoms with van der Waals surface area (Å²) in [7, 11) is 0. The molecule has 1 atom stereocenters. The number of ether oxygens (including phenoxy) is 2. The van der Waals surface area contributed by atoms with Crippen LogP contribution in [0.1, 0.15) is 60.1 Å². The molecule has 4 rings (SSSR count).